The van der Waals surface area contributed by atoms with E-state index in [2.05, 4.69) is 0 Å². The third-order valence-corrected chi connectivity index (χ3v) is 0.556. The second kappa shape index (κ2) is 24.6. The van der Waals surface area contributed by atoms with Crippen LogP contribution in [0.4, 0.5) is 0 Å². The van der Waals surface area contributed by atoms with Crippen LogP contribution in [0.3, 0.4) is 0 Å². The normalized spacial score (nSPS) is 4.40. The van der Waals surface area contributed by atoms with Gasteiger partial charge in [0.05, 0.1) is 0 Å². The molecule has 10 heavy (non-hydrogen) atoms. The Morgan fingerprint density at radius 3 is 1.30 bits per heavy atom. The topological polar surface area (TPSA) is 47.6 Å². The van der Waals surface area contributed by atoms with Crippen LogP contribution in [0, 0.1) is 23.7 Å². The molecule has 1 rings (SSSR count). The average molecular weight is 220 g/mol. The Morgan fingerprint density at radius 2 is 1.20 bits per heavy atom. The van der Waals surface area contributed by atoms with Gasteiger partial charge in [-0.15, -0.1) is 0 Å². The Bertz CT molecular complexity index is 118. The first-order valence-corrected chi connectivity index (χ1v) is 2.11. The third-order valence-electron chi connectivity index (χ3n) is 0.556. The Morgan fingerprint density at radius 1 is 0.900 bits per heavy atom. The van der Waals surface area contributed by atoms with Crippen molar-refractivity contribution in [3.63, 3.8) is 0 Å². The quantitative estimate of drug-likeness (QED) is 0.492. The van der Waals surface area contributed by atoms with Crippen molar-refractivity contribution >= 4 is 0 Å². The van der Waals surface area contributed by atoms with Gasteiger partial charge < -0.3 is 23.7 Å². The zero-order chi connectivity index (χ0) is 7.54. The standard InChI is InChI=1S/C5H5.2CN.Rh/c1-2-4-5-3-1;2*1-2;/h1-5H;;;/q3*-1;+3. The fourth-order valence-corrected chi connectivity index (χ4v) is 0.321. The number of rotatable bonds is 0. The summed E-state index contributed by atoms with van der Waals surface area (Å²) < 4.78 is 0. The van der Waals surface area contributed by atoms with Gasteiger partial charge in [0.15, 0.2) is 0 Å². The Balaban J connectivity index is -0.0000000875. The molecule has 0 saturated heterocycles. The van der Waals surface area contributed by atoms with Gasteiger partial charge in [-0.3, -0.25) is 0 Å². The average Bonchev–Trinajstić information content (AvgIpc) is 2.51. The Hall–Kier alpha value is -1.05. The van der Waals surface area contributed by atoms with E-state index in [4.69, 9.17) is 23.7 Å². The molecular formula is C7H5N2Rh. The maximum Gasteiger partial charge on any atom is 3.00 e. The summed E-state index contributed by atoms with van der Waals surface area (Å²) >= 11 is 0. The van der Waals surface area contributed by atoms with E-state index in [0.29, 0.717) is 0 Å². The van der Waals surface area contributed by atoms with Crippen LogP contribution in [-0.4, -0.2) is 0 Å². The summed E-state index contributed by atoms with van der Waals surface area (Å²) in [6.07, 6.45) is 0. The Kier molecular flexibility index (Phi) is 39.3. The summed E-state index contributed by atoms with van der Waals surface area (Å²) in [5.74, 6) is 0. The minimum atomic E-state index is 0. The van der Waals surface area contributed by atoms with E-state index in [1.54, 1.807) is 0 Å². The number of hydrogen-bond donors (Lipinski definition) is 0. The van der Waals surface area contributed by atoms with E-state index in [-0.39, 0.29) is 19.5 Å². The van der Waals surface area contributed by atoms with Gasteiger partial charge in [-0.2, -0.15) is 18.2 Å². The van der Waals surface area contributed by atoms with Gasteiger partial charge in [-0.05, 0) is 0 Å². The van der Waals surface area contributed by atoms with Gasteiger partial charge in [0.1, 0.15) is 0 Å². The van der Waals surface area contributed by atoms with E-state index in [1.807, 2.05) is 30.3 Å². The molecule has 0 heterocycles. The molecule has 0 aliphatic carbocycles. The molecule has 0 aliphatic rings. The predicted molar refractivity (Wildman–Crippen MR) is 32.0 cm³/mol. The first-order chi connectivity index (χ1) is 4.50. The molecular weight excluding hydrogens is 215 g/mol. The van der Waals surface area contributed by atoms with Crippen molar-refractivity contribution in [1.82, 2.24) is 0 Å². The molecule has 0 amide bonds. The maximum absolute atomic E-state index is 6.25. The van der Waals surface area contributed by atoms with Crippen LogP contribution in [0.25, 0.3) is 0 Å². The second-order valence-corrected chi connectivity index (χ2v) is 0.962. The molecule has 1 aromatic carbocycles. The molecule has 3 heteroatoms. The van der Waals surface area contributed by atoms with Crippen molar-refractivity contribution in [3.8, 4) is 0 Å². The first kappa shape index (κ1) is 16.0. The molecule has 0 atom stereocenters. The molecule has 0 radical (unpaired) electrons. The van der Waals surface area contributed by atoms with E-state index < -0.39 is 0 Å². The van der Waals surface area contributed by atoms with E-state index in [0.717, 1.165) is 0 Å². The molecule has 52 valence electrons. The van der Waals surface area contributed by atoms with Gasteiger partial charge in [0.25, 0.3) is 0 Å². The van der Waals surface area contributed by atoms with Gasteiger partial charge >= 0.3 is 19.5 Å². The van der Waals surface area contributed by atoms with Crippen molar-refractivity contribution in [2.24, 2.45) is 0 Å². The van der Waals surface area contributed by atoms with Crippen LogP contribution in [0.1, 0.15) is 0 Å². The molecule has 0 aromatic heterocycles. The van der Waals surface area contributed by atoms with E-state index >= 15 is 0 Å². The summed E-state index contributed by atoms with van der Waals surface area (Å²) in [6, 6.07) is 10.0. The molecule has 0 aliphatic heterocycles. The summed E-state index contributed by atoms with van der Waals surface area (Å²) in [7, 11) is 0. The molecule has 0 saturated carbocycles. The summed E-state index contributed by atoms with van der Waals surface area (Å²) in [4.78, 5) is 0. The van der Waals surface area contributed by atoms with Gasteiger partial charge in [-0.25, -0.2) is 12.1 Å². The van der Waals surface area contributed by atoms with Crippen LogP contribution in [-0.2, 0) is 19.5 Å². The van der Waals surface area contributed by atoms with Crippen LogP contribution < -0.4 is 0 Å². The van der Waals surface area contributed by atoms with Crippen LogP contribution in [0.15, 0.2) is 30.3 Å². The summed E-state index contributed by atoms with van der Waals surface area (Å²) in [5.41, 5.74) is 0. The van der Waals surface area contributed by atoms with Crippen LogP contribution in [0.5, 0.6) is 0 Å². The second-order valence-electron chi connectivity index (χ2n) is 0.962. The summed E-state index contributed by atoms with van der Waals surface area (Å²) in [6.45, 7) is 9.50. The molecule has 0 bridgehead atoms. The van der Waals surface area contributed by atoms with Gasteiger partial charge in [-0.1, -0.05) is 0 Å². The zero-order valence-corrected chi connectivity index (χ0v) is 6.75. The van der Waals surface area contributed by atoms with Crippen LogP contribution >= 0.6 is 0 Å². The Labute approximate surface area is 73.8 Å². The minimum Gasteiger partial charge on any atom is -0.512 e. The molecule has 0 fully saturated rings. The van der Waals surface area contributed by atoms with Gasteiger partial charge in [0, 0.05) is 0 Å². The maximum atomic E-state index is 6.25. The van der Waals surface area contributed by atoms with Crippen molar-refractivity contribution in [3.05, 3.63) is 43.5 Å². The van der Waals surface area contributed by atoms with Crippen molar-refractivity contribution in [2.75, 3.05) is 0 Å². The molecule has 0 unspecified atom stereocenters. The minimum absolute atomic E-state index is 0. The number of nitrogens with zero attached hydrogens (tertiary/aromatic N) is 2. The smallest absolute Gasteiger partial charge is 0.512 e. The molecule has 2 nitrogen and oxygen atoms in total. The van der Waals surface area contributed by atoms with E-state index in [9.17, 15) is 0 Å². The fourth-order valence-electron chi connectivity index (χ4n) is 0.321. The van der Waals surface area contributed by atoms with Crippen molar-refractivity contribution in [2.45, 2.75) is 0 Å². The summed E-state index contributed by atoms with van der Waals surface area (Å²) in [5, 5.41) is 12.5. The zero-order valence-electron chi connectivity index (χ0n) is 5.11. The molecule has 1 aromatic rings. The van der Waals surface area contributed by atoms with E-state index in [1.165, 1.54) is 0 Å². The third kappa shape index (κ3) is 15.8. The number of hydrogen-bond acceptors (Lipinski definition) is 2. The van der Waals surface area contributed by atoms with Crippen molar-refractivity contribution < 1.29 is 19.5 Å². The molecule has 0 N–H and O–H groups in total. The predicted octanol–water partition coefficient (Wildman–Crippen LogP) is 1.60. The van der Waals surface area contributed by atoms with Gasteiger partial charge in [0.2, 0.25) is 0 Å². The SMILES string of the molecule is [C-]#N.[C-]#N.[Rh+3].c1cc[cH-]c1. The largest absolute Gasteiger partial charge is 3.00 e. The van der Waals surface area contributed by atoms with Crippen LogP contribution in [0.2, 0.25) is 0 Å². The first-order valence-electron chi connectivity index (χ1n) is 2.11. The monoisotopic (exact) mass is 220 g/mol. The van der Waals surface area contributed by atoms with Crippen molar-refractivity contribution in [1.29, 1.82) is 10.5 Å². The molecule has 0 spiro atoms. The fraction of sp³-hybridized carbons (Fsp3) is 0.